The number of hydrogen-bond acceptors (Lipinski definition) is 5. The van der Waals surface area contributed by atoms with E-state index < -0.39 is 0 Å². The first-order chi connectivity index (χ1) is 9.69. The van der Waals surface area contributed by atoms with Gasteiger partial charge in [-0.2, -0.15) is 4.98 Å². The third-order valence-electron chi connectivity index (χ3n) is 4.98. The summed E-state index contributed by atoms with van der Waals surface area (Å²) in [5.74, 6) is 1.46. The molecular formula is C15H25N3O2. The highest BCUT2D eigenvalue weighted by Gasteiger charge is 2.41. The summed E-state index contributed by atoms with van der Waals surface area (Å²) in [5.41, 5.74) is -0.502. The predicted molar refractivity (Wildman–Crippen MR) is 75.3 cm³/mol. The first kappa shape index (κ1) is 14.0. The Hall–Kier alpha value is -0.940. The molecule has 1 saturated carbocycles. The normalized spacial score (nSPS) is 30.3. The van der Waals surface area contributed by atoms with E-state index in [1.807, 2.05) is 0 Å². The lowest BCUT2D eigenvalue weighted by atomic mass is 9.93. The van der Waals surface area contributed by atoms with Gasteiger partial charge in [-0.15, -0.1) is 0 Å². The Morgan fingerprint density at radius 2 is 1.85 bits per heavy atom. The van der Waals surface area contributed by atoms with Gasteiger partial charge in [-0.1, -0.05) is 30.8 Å². The first-order valence-electron chi connectivity index (χ1n) is 7.83. The maximum absolute atomic E-state index is 5.85. The van der Waals surface area contributed by atoms with E-state index in [9.17, 15) is 0 Å². The number of rotatable bonds is 3. The molecule has 1 aliphatic carbocycles. The van der Waals surface area contributed by atoms with Gasteiger partial charge in [0.15, 0.2) is 0 Å². The molecule has 2 heterocycles. The lowest BCUT2D eigenvalue weighted by molar-refractivity contribution is -0.0365. The van der Waals surface area contributed by atoms with Crippen LogP contribution in [0.5, 0.6) is 0 Å². The van der Waals surface area contributed by atoms with Gasteiger partial charge in [0, 0.05) is 7.11 Å². The Bertz CT molecular complexity index is 444. The Kier molecular flexibility index (Phi) is 3.82. The highest BCUT2D eigenvalue weighted by Crippen LogP contribution is 2.38. The smallest absolute Gasteiger partial charge is 0.246 e. The minimum Gasteiger partial charge on any atom is -0.370 e. The van der Waals surface area contributed by atoms with Crippen LogP contribution in [0.1, 0.15) is 70.0 Å². The third-order valence-corrected chi connectivity index (χ3v) is 4.98. The summed E-state index contributed by atoms with van der Waals surface area (Å²) in [5, 5.41) is 7.73. The van der Waals surface area contributed by atoms with Crippen LogP contribution in [0.25, 0.3) is 0 Å². The molecule has 1 unspecified atom stereocenters. The quantitative estimate of drug-likeness (QED) is 0.862. The predicted octanol–water partition coefficient (Wildman–Crippen LogP) is 2.86. The zero-order chi connectivity index (χ0) is 14.1. The summed E-state index contributed by atoms with van der Waals surface area (Å²) in [4.78, 5) is 4.71. The van der Waals surface area contributed by atoms with Crippen molar-refractivity contribution in [1.29, 1.82) is 0 Å². The second-order valence-corrected chi connectivity index (χ2v) is 6.40. The van der Waals surface area contributed by atoms with Gasteiger partial charge >= 0.3 is 0 Å². The summed E-state index contributed by atoms with van der Waals surface area (Å²) in [7, 11) is 1.77. The zero-order valence-corrected chi connectivity index (χ0v) is 12.6. The number of methoxy groups -OCH3 is 1. The van der Waals surface area contributed by atoms with Gasteiger partial charge < -0.3 is 14.6 Å². The molecule has 0 amide bonds. The van der Waals surface area contributed by atoms with Crippen molar-refractivity contribution in [1.82, 2.24) is 15.5 Å². The van der Waals surface area contributed by atoms with Gasteiger partial charge in [0.2, 0.25) is 11.7 Å². The van der Waals surface area contributed by atoms with Crippen molar-refractivity contribution in [3.63, 3.8) is 0 Å². The minimum absolute atomic E-state index is 0.162. The van der Waals surface area contributed by atoms with Crippen LogP contribution in [-0.4, -0.2) is 23.8 Å². The molecular weight excluding hydrogens is 254 g/mol. The number of aromatic nitrogens is 2. The van der Waals surface area contributed by atoms with Gasteiger partial charge in [-0.05, 0) is 39.2 Å². The molecule has 1 atom stereocenters. The lowest BCUT2D eigenvalue weighted by Gasteiger charge is -2.27. The van der Waals surface area contributed by atoms with Crippen molar-refractivity contribution in [2.75, 3.05) is 13.7 Å². The van der Waals surface area contributed by atoms with E-state index in [1.165, 1.54) is 25.7 Å². The Morgan fingerprint density at radius 1 is 1.10 bits per heavy atom. The van der Waals surface area contributed by atoms with Gasteiger partial charge in [-0.3, -0.25) is 0 Å². The van der Waals surface area contributed by atoms with E-state index in [0.29, 0.717) is 5.89 Å². The van der Waals surface area contributed by atoms with Crippen molar-refractivity contribution in [2.45, 2.75) is 69.4 Å². The van der Waals surface area contributed by atoms with Gasteiger partial charge in [0.1, 0.15) is 5.60 Å². The Morgan fingerprint density at radius 3 is 2.45 bits per heavy atom. The van der Waals surface area contributed by atoms with Crippen molar-refractivity contribution in [3.8, 4) is 0 Å². The van der Waals surface area contributed by atoms with Crippen LogP contribution in [0.15, 0.2) is 4.52 Å². The SMILES string of the molecule is COC1(c2noc(C3(C)CCCN3)n2)CCCCCC1. The molecule has 5 heteroatoms. The third kappa shape index (κ3) is 2.37. The zero-order valence-electron chi connectivity index (χ0n) is 12.6. The molecule has 20 heavy (non-hydrogen) atoms. The fourth-order valence-corrected chi connectivity index (χ4v) is 3.53. The number of ether oxygens (including phenoxy) is 1. The summed E-state index contributed by atoms with van der Waals surface area (Å²) in [6, 6.07) is 0. The molecule has 1 aromatic rings. The van der Waals surface area contributed by atoms with Gasteiger partial charge in [0.25, 0.3) is 0 Å². The molecule has 2 aliphatic rings. The topological polar surface area (TPSA) is 60.2 Å². The molecule has 0 bridgehead atoms. The molecule has 1 aromatic heterocycles. The minimum atomic E-state index is -0.340. The number of hydrogen-bond donors (Lipinski definition) is 1. The Balaban J connectivity index is 1.87. The molecule has 2 fully saturated rings. The number of nitrogens with one attached hydrogen (secondary N) is 1. The second kappa shape index (κ2) is 5.45. The molecule has 3 rings (SSSR count). The number of nitrogens with zero attached hydrogens (tertiary/aromatic N) is 2. The molecule has 0 spiro atoms. The van der Waals surface area contributed by atoms with E-state index in [1.54, 1.807) is 7.11 Å². The molecule has 1 aliphatic heterocycles. The van der Waals surface area contributed by atoms with Gasteiger partial charge in [-0.25, -0.2) is 0 Å². The maximum Gasteiger partial charge on any atom is 0.246 e. The second-order valence-electron chi connectivity index (χ2n) is 6.40. The van der Waals surface area contributed by atoms with Crippen LogP contribution in [0.4, 0.5) is 0 Å². The summed E-state index contributed by atoms with van der Waals surface area (Å²) < 4.78 is 11.4. The van der Waals surface area contributed by atoms with Crippen LogP contribution in [-0.2, 0) is 15.9 Å². The Labute approximate surface area is 120 Å². The van der Waals surface area contributed by atoms with Crippen LogP contribution < -0.4 is 5.32 Å². The average Bonchev–Trinajstić information content (AvgIpc) is 3.05. The monoisotopic (exact) mass is 279 g/mol. The van der Waals surface area contributed by atoms with Gasteiger partial charge in [0.05, 0.1) is 5.54 Å². The van der Waals surface area contributed by atoms with E-state index in [-0.39, 0.29) is 11.1 Å². The van der Waals surface area contributed by atoms with E-state index in [4.69, 9.17) is 14.2 Å². The molecule has 1 saturated heterocycles. The summed E-state index contributed by atoms with van der Waals surface area (Å²) in [6.45, 7) is 3.16. The maximum atomic E-state index is 5.85. The summed E-state index contributed by atoms with van der Waals surface area (Å²) in [6.07, 6.45) is 9.09. The molecule has 112 valence electrons. The highest BCUT2D eigenvalue weighted by atomic mass is 16.5. The van der Waals surface area contributed by atoms with Crippen molar-refractivity contribution in [3.05, 3.63) is 11.7 Å². The first-order valence-corrected chi connectivity index (χ1v) is 7.83. The van der Waals surface area contributed by atoms with Crippen LogP contribution in [0, 0.1) is 0 Å². The highest BCUT2D eigenvalue weighted by molar-refractivity contribution is 5.09. The average molecular weight is 279 g/mol. The summed E-state index contributed by atoms with van der Waals surface area (Å²) >= 11 is 0. The standard InChI is InChI=1S/C15H25N3O2/c1-14(8-7-11-16-14)13-17-12(18-20-13)15(19-2)9-5-3-4-6-10-15/h16H,3-11H2,1-2H3. The van der Waals surface area contributed by atoms with Crippen LogP contribution in [0.2, 0.25) is 0 Å². The largest absolute Gasteiger partial charge is 0.370 e. The van der Waals surface area contributed by atoms with E-state index in [2.05, 4.69) is 17.4 Å². The van der Waals surface area contributed by atoms with Crippen molar-refractivity contribution >= 4 is 0 Å². The molecule has 0 aromatic carbocycles. The lowest BCUT2D eigenvalue weighted by Crippen LogP contribution is -2.34. The van der Waals surface area contributed by atoms with E-state index in [0.717, 1.165) is 38.1 Å². The van der Waals surface area contributed by atoms with Crippen molar-refractivity contribution in [2.24, 2.45) is 0 Å². The molecule has 0 radical (unpaired) electrons. The van der Waals surface area contributed by atoms with Crippen LogP contribution in [0.3, 0.4) is 0 Å². The molecule has 5 nitrogen and oxygen atoms in total. The molecule has 1 N–H and O–H groups in total. The van der Waals surface area contributed by atoms with E-state index >= 15 is 0 Å². The van der Waals surface area contributed by atoms with Crippen LogP contribution >= 0.6 is 0 Å². The fraction of sp³-hybridized carbons (Fsp3) is 0.867. The fourth-order valence-electron chi connectivity index (χ4n) is 3.53. The van der Waals surface area contributed by atoms with Crippen molar-refractivity contribution < 1.29 is 9.26 Å².